The molecule has 0 saturated carbocycles. The Balaban J connectivity index is 0.000000546. The molecule has 0 radical (unpaired) electrons. The fraction of sp³-hybridized carbons (Fsp3) is 0.325. The molecule has 2 unspecified atom stereocenters. The lowest BCUT2D eigenvalue weighted by molar-refractivity contribution is -0.0341. The molecule has 0 aliphatic heterocycles. The van der Waals surface area contributed by atoms with Crippen molar-refractivity contribution in [3.05, 3.63) is 125 Å². The molecule has 0 aromatic heterocycles. The maximum Gasteiger partial charge on any atom is 0.341 e. The van der Waals surface area contributed by atoms with Crippen molar-refractivity contribution in [3.63, 3.8) is 0 Å². The van der Waals surface area contributed by atoms with E-state index in [1.807, 2.05) is 24.3 Å². The zero-order chi connectivity index (χ0) is 41.4. The van der Waals surface area contributed by atoms with Crippen LogP contribution in [0.2, 0.25) is 30.1 Å². The number of benzene rings is 4. The van der Waals surface area contributed by atoms with Gasteiger partial charge in [0.1, 0.15) is 13.2 Å². The first-order valence-corrected chi connectivity index (χ1v) is 19.8. The summed E-state index contributed by atoms with van der Waals surface area (Å²) in [6.45, 7) is 2.01. The molecule has 0 saturated heterocycles. The summed E-state index contributed by atoms with van der Waals surface area (Å²) in [6.07, 6.45) is 3.34. The Kier molecular flexibility index (Phi) is 20.4. The predicted molar refractivity (Wildman–Crippen MR) is 225 cm³/mol. The minimum Gasteiger partial charge on any atom is -0.494 e. The number of anilines is 1. The second-order valence-electron chi connectivity index (χ2n) is 12.0. The van der Waals surface area contributed by atoms with Gasteiger partial charge in [-0.05, 0) is 90.7 Å². The van der Waals surface area contributed by atoms with Gasteiger partial charge in [-0.25, -0.2) is 9.59 Å². The number of carbonyl (C=O) groups is 3. The largest absolute Gasteiger partial charge is 0.494 e. The molecule has 9 nitrogen and oxygen atoms in total. The molecule has 0 aliphatic rings. The molecule has 0 amide bonds. The van der Waals surface area contributed by atoms with E-state index in [1.54, 1.807) is 17.0 Å². The third-order valence-corrected chi connectivity index (χ3v) is 9.97. The molecule has 0 aliphatic carbocycles. The van der Waals surface area contributed by atoms with Gasteiger partial charge in [0.25, 0.3) is 5.24 Å². The molecule has 56 heavy (non-hydrogen) atoms. The van der Waals surface area contributed by atoms with Gasteiger partial charge in [-0.15, -0.1) is 0 Å². The first-order chi connectivity index (χ1) is 26.8. The average molecular weight is 911 g/mol. The van der Waals surface area contributed by atoms with Crippen molar-refractivity contribution in [2.45, 2.75) is 51.5 Å². The molecule has 0 N–H and O–H groups in total. The van der Waals surface area contributed by atoms with E-state index in [1.165, 1.54) is 64.1 Å². The number of halogens is 7. The van der Waals surface area contributed by atoms with Crippen molar-refractivity contribution in [3.8, 4) is 5.75 Å². The number of unbranched alkanes of at least 4 members (excludes halogenated alkanes) is 3. The third-order valence-electron chi connectivity index (χ3n) is 8.03. The van der Waals surface area contributed by atoms with Crippen LogP contribution in [-0.2, 0) is 25.4 Å². The summed E-state index contributed by atoms with van der Waals surface area (Å²) in [4.78, 5) is 39.3. The fourth-order valence-corrected chi connectivity index (χ4v) is 6.77. The van der Waals surface area contributed by atoms with Gasteiger partial charge < -0.3 is 23.7 Å². The van der Waals surface area contributed by atoms with Crippen LogP contribution in [0.1, 0.15) is 69.2 Å². The Morgan fingerprint density at radius 3 is 1.54 bits per heavy atom. The van der Waals surface area contributed by atoms with Gasteiger partial charge in [0.15, 0.2) is 5.75 Å². The summed E-state index contributed by atoms with van der Waals surface area (Å²) >= 11 is 41.6. The Labute approximate surface area is 361 Å². The first-order valence-electron chi connectivity index (χ1n) is 17.1. The summed E-state index contributed by atoms with van der Waals surface area (Å²) in [6, 6.07) is 19.7. The van der Waals surface area contributed by atoms with Crippen molar-refractivity contribution in [2.75, 3.05) is 39.4 Å². The maximum absolute atomic E-state index is 13.4. The SMILES string of the molecule is CCCCCCc1ccc(N(C(COC)OC(=O)c2cc(Cl)ccc2Cl)C(COC)OC(=O)c2cc(Cl)ccc2Cl)cc1.COc1c(Cl)ccc(Cl)c1C(=O)Cl. The Morgan fingerprint density at radius 1 is 0.625 bits per heavy atom. The molecular formula is C40H40Cl7NO8. The molecule has 4 aromatic carbocycles. The lowest BCUT2D eigenvalue weighted by Crippen LogP contribution is -2.52. The molecule has 0 fully saturated rings. The zero-order valence-corrected chi connectivity index (χ0v) is 36.2. The van der Waals surface area contributed by atoms with Crippen LogP contribution in [0.25, 0.3) is 0 Å². The highest BCUT2D eigenvalue weighted by molar-refractivity contribution is 6.69. The van der Waals surface area contributed by atoms with Gasteiger partial charge in [0, 0.05) is 30.0 Å². The van der Waals surface area contributed by atoms with E-state index in [2.05, 4.69) is 6.92 Å². The van der Waals surface area contributed by atoms with Crippen LogP contribution in [0.5, 0.6) is 5.75 Å². The average Bonchev–Trinajstić information content (AvgIpc) is 3.16. The Morgan fingerprint density at radius 2 is 1.11 bits per heavy atom. The van der Waals surface area contributed by atoms with Crippen molar-refractivity contribution < 1.29 is 38.1 Å². The monoisotopic (exact) mass is 907 g/mol. The van der Waals surface area contributed by atoms with E-state index in [0.717, 1.165) is 31.2 Å². The van der Waals surface area contributed by atoms with Crippen molar-refractivity contribution in [2.24, 2.45) is 0 Å². The summed E-state index contributed by atoms with van der Waals surface area (Å²) in [5.41, 5.74) is 1.99. The molecule has 16 heteroatoms. The molecule has 0 heterocycles. The van der Waals surface area contributed by atoms with E-state index in [0.29, 0.717) is 20.8 Å². The highest BCUT2D eigenvalue weighted by atomic mass is 35.5. The topological polar surface area (TPSA) is 101 Å². The maximum atomic E-state index is 13.4. The van der Waals surface area contributed by atoms with Crippen molar-refractivity contribution in [1.29, 1.82) is 0 Å². The fourth-order valence-electron chi connectivity index (χ4n) is 5.33. The van der Waals surface area contributed by atoms with Crippen LogP contribution >= 0.6 is 81.2 Å². The summed E-state index contributed by atoms with van der Waals surface area (Å²) in [7, 11) is 4.32. The smallest absolute Gasteiger partial charge is 0.341 e. The number of rotatable bonds is 18. The second kappa shape index (κ2) is 24.1. The summed E-state index contributed by atoms with van der Waals surface area (Å²) in [5.74, 6) is -1.28. The molecule has 302 valence electrons. The number of ether oxygens (including phenoxy) is 5. The van der Waals surface area contributed by atoms with Gasteiger partial charge in [-0.1, -0.05) is 108 Å². The molecule has 4 rings (SSSR count). The van der Waals surface area contributed by atoms with E-state index >= 15 is 0 Å². The Bertz CT molecular complexity index is 1850. The molecule has 0 spiro atoms. The minimum absolute atomic E-state index is 0.0728. The van der Waals surface area contributed by atoms with Gasteiger partial charge in [-0.2, -0.15) is 0 Å². The number of nitrogens with zero attached hydrogens (tertiary/aromatic N) is 1. The second-order valence-corrected chi connectivity index (χ2v) is 14.8. The molecular weight excluding hydrogens is 871 g/mol. The molecule has 0 bridgehead atoms. The first kappa shape index (κ1) is 47.4. The molecule has 4 aromatic rings. The lowest BCUT2D eigenvalue weighted by Gasteiger charge is -2.38. The van der Waals surface area contributed by atoms with Crippen molar-refractivity contribution in [1.82, 2.24) is 0 Å². The summed E-state index contributed by atoms with van der Waals surface area (Å²) in [5, 5.41) is 0.799. The Hall–Kier alpha value is -2.96. The van der Waals surface area contributed by atoms with Crippen LogP contribution in [0, 0.1) is 0 Å². The highest BCUT2D eigenvalue weighted by Crippen LogP contribution is 2.35. The van der Waals surface area contributed by atoms with Crippen molar-refractivity contribution >= 4 is 104 Å². The lowest BCUT2D eigenvalue weighted by atomic mass is 10.1. The van der Waals surface area contributed by atoms with Gasteiger partial charge >= 0.3 is 11.9 Å². The zero-order valence-electron chi connectivity index (χ0n) is 30.9. The number of methoxy groups -OCH3 is 3. The van der Waals surface area contributed by atoms with E-state index in [9.17, 15) is 14.4 Å². The van der Waals surface area contributed by atoms with Crippen LogP contribution in [-0.4, -0.2) is 64.2 Å². The predicted octanol–water partition coefficient (Wildman–Crippen LogP) is 12.3. The highest BCUT2D eigenvalue weighted by Gasteiger charge is 2.34. The minimum atomic E-state index is -1.08. The van der Waals surface area contributed by atoms with Crippen LogP contribution in [0.15, 0.2) is 72.8 Å². The van der Waals surface area contributed by atoms with Gasteiger partial charge in [0.05, 0.1) is 43.9 Å². The van der Waals surface area contributed by atoms with Crippen LogP contribution in [0.3, 0.4) is 0 Å². The number of esters is 2. The number of hydrogen-bond donors (Lipinski definition) is 0. The normalized spacial score (nSPS) is 11.8. The van der Waals surface area contributed by atoms with E-state index < -0.39 is 29.6 Å². The van der Waals surface area contributed by atoms with E-state index in [4.69, 9.17) is 105 Å². The third kappa shape index (κ3) is 13.9. The summed E-state index contributed by atoms with van der Waals surface area (Å²) < 4.78 is 27.7. The van der Waals surface area contributed by atoms with Crippen LogP contribution < -0.4 is 9.64 Å². The standard InChI is InChI=1S/C32H35Cl4NO6.C8H5Cl3O2/c1-4-5-6-7-8-21-9-13-24(14-10-21)37(29(19-40-2)42-31(38)25-17-22(33)11-15-27(25)35)30(20-41-3)43-32(39)26-18-23(34)12-16-28(26)36;1-13-7-5(10)3-2-4(9)6(7)8(11)12/h9-18,29-30H,4-8,19-20H2,1-3H3;2-3H,1H3. The van der Waals surface area contributed by atoms with Gasteiger partial charge in [-0.3, -0.25) is 9.69 Å². The van der Waals surface area contributed by atoms with Crippen LogP contribution in [0.4, 0.5) is 5.69 Å². The van der Waals surface area contributed by atoms with Gasteiger partial charge in [0.2, 0.25) is 12.5 Å². The quantitative estimate of drug-likeness (QED) is 0.0418. The molecule has 2 atom stereocenters. The number of carbonyl (C=O) groups excluding carboxylic acids is 3. The number of hydrogen-bond acceptors (Lipinski definition) is 9. The number of aryl methyl sites for hydroxylation is 1. The van der Waals surface area contributed by atoms with E-state index in [-0.39, 0.29) is 50.7 Å².